The lowest BCUT2D eigenvalue weighted by atomic mass is 10.1. The van der Waals surface area contributed by atoms with Crippen molar-refractivity contribution in [1.82, 2.24) is 10.2 Å². The summed E-state index contributed by atoms with van der Waals surface area (Å²) < 4.78 is 30.9. The molecule has 8 nitrogen and oxygen atoms in total. The summed E-state index contributed by atoms with van der Waals surface area (Å²) in [5.41, 5.74) is -0.0963. The van der Waals surface area contributed by atoms with E-state index >= 15 is 0 Å². The number of nitro benzene ring substituents is 1. The normalized spacial score (nSPS) is 11.9. The maximum absolute atomic E-state index is 10.8. The van der Waals surface area contributed by atoms with Crippen LogP contribution in [0, 0.1) is 10.1 Å². The van der Waals surface area contributed by atoms with Gasteiger partial charge in [0.2, 0.25) is 0 Å². The number of hydrogen-bond acceptors (Lipinski definition) is 5. The number of halogens is 1. The number of H-pyrrole nitrogens is 1. The third-order valence-electron chi connectivity index (χ3n) is 2.25. The highest BCUT2D eigenvalue weighted by atomic mass is 79.9. The van der Waals surface area contributed by atoms with Crippen molar-refractivity contribution in [2.75, 3.05) is 0 Å². The van der Waals surface area contributed by atoms with Crippen LogP contribution >= 0.6 is 15.9 Å². The molecule has 2 aromatic rings. The van der Waals surface area contributed by atoms with E-state index in [1.165, 1.54) is 12.1 Å². The summed E-state index contributed by atoms with van der Waals surface area (Å²) >= 11 is 3.12. The zero-order valence-corrected chi connectivity index (χ0v) is 11.0. The largest absolute Gasteiger partial charge is 0.285 e. The molecule has 18 heavy (non-hydrogen) atoms. The van der Waals surface area contributed by atoms with Gasteiger partial charge in [0.05, 0.1) is 10.4 Å². The van der Waals surface area contributed by atoms with Gasteiger partial charge in [-0.3, -0.25) is 19.8 Å². The predicted molar refractivity (Wildman–Crippen MR) is 65.7 cm³/mol. The lowest BCUT2D eigenvalue weighted by Gasteiger charge is -2.01. The second-order valence-corrected chi connectivity index (χ2v) is 5.73. The highest BCUT2D eigenvalue weighted by molar-refractivity contribution is 9.10. The van der Waals surface area contributed by atoms with Crippen LogP contribution in [-0.2, 0) is 15.9 Å². The lowest BCUT2D eigenvalue weighted by Crippen LogP contribution is -2.04. The predicted octanol–water partition coefficient (Wildman–Crippen LogP) is 1.62. The zero-order chi connectivity index (χ0) is 13.5. The van der Waals surface area contributed by atoms with Crippen molar-refractivity contribution < 1.29 is 17.9 Å². The average molecular weight is 336 g/mol. The molecule has 0 aliphatic rings. The third kappa shape index (κ3) is 2.49. The Morgan fingerprint density at radius 2 is 2.17 bits per heavy atom. The summed E-state index contributed by atoms with van der Waals surface area (Å²) in [5.74, 6) is -0.823. The molecule has 1 aromatic heterocycles. The maximum Gasteiger partial charge on any atom is 0.275 e. The Morgan fingerprint density at radius 1 is 1.50 bits per heavy atom. The van der Waals surface area contributed by atoms with Crippen LogP contribution in [0.25, 0.3) is 10.9 Å². The monoisotopic (exact) mass is 335 g/mol. The second kappa shape index (κ2) is 4.30. The van der Waals surface area contributed by atoms with Gasteiger partial charge in [-0.2, -0.15) is 13.5 Å². The van der Waals surface area contributed by atoms with E-state index in [0.29, 0.717) is 15.5 Å². The number of aromatic amines is 1. The number of benzene rings is 1. The number of aromatic nitrogens is 2. The molecule has 0 fully saturated rings. The second-order valence-electron chi connectivity index (χ2n) is 3.52. The average Bonchev–Trinajstić information content (AvgIpc) is 2.56. The van der Waals surface area contributed by atoms with Gasteiger partial charge in [-0.25, -0.2) is 0 Å². The molecule has 0 aliphatic carbocycles. The van der Waals surface area contributed by atoms with E-state index in [1.807, 2.05) is 0 Å². The summed E-state index contributed by atoms with van der Waals surface area (Å²) in [5, 5.41) is 17.7. The first-order valence-corrected chi connectivity index (χ1v) is 6.94. The van der Waals surface area contributed by atoms with Crippen molar-refractivity contribution in [3.63, 3.8) is 0 Å². The standard InChI is InChI=1S/C8H6BrN3O5S/c9-8-5-1-4(3-18(15,16)17)7(12(13)14)2-6(5)10-11-8/h1-2H,3H2,(H,10,11)(H,15,16,17). The van der Waals surface area contributed by atoms with E-state index in [2.05, 4.69) is 26.1 Å². The number of hydrogen-bond donors (Lipinski definition) is 2. The van der Waals surface area contributed by atoms with E-state index in [1.54, 1.807) is 0 Å². The van der Waals surface area contributed by atoms with Gasteiger partial charge in [-0.05, 0) is 22.0 Å². The van der Waals surface area contributed by atoms with Crippen LogP contribution in [0.2, 0.25) is 0 Å². The highest BCUT2D eigenvalue weighted by Crippen LogP contribution is 2.29. The summed E-state index contributed by atoms with van der Waals surface area (Å²) in [7, 11) is -4.35. The molecule has 1 heterocycles. The molecular formula is C8H6BrN3O5S. The molecule has 10 heteroatoms. The Kier molecular flexibility index (Phi) is 3.09. The number of nitrogens with one attached hydrogen (secondary N) is 1. The van der Waals surface area contributed by atoms with Crippen LogP contribution < -0.4 is 0 Å². The molecule has 0 aliphatic heterocycles. The Hall–Kier alpha value is -1.52. The van der Waals surface area contributed by atoms with Crippen LogP contribution in [0.1, 0.15) is 5.56 Å². The van der Waals surface area contributed by atoms with Crippen LogP contribution in [0.15, 0.2) is 16.7 Å². The van der Waals surface area contributed by atoms with Crippen LogP contribution in [-0.4, -0.2) is 28.1 Å². The smallest absolute Gasteiger partial charge is 0.275 e. The summed E-state index contributed by atoms with van der Waals surface area (Å²) in [6, 6.07) is 2.47. The molecule has 96 valence electrons. The number of fused-ring (bicyclic) bond motifs is 1. The van der Waals surface area contributed by atoms with Gasteiger partial charge in [-0.1, -0.05) is 0 Å². The highest BCUT2D eigenvalue weighted by Gasteiger charge is 2.21. The molecular weight excluding hydrogens is 330 g/mol. The molecule has 0 bridgehead atoms. The van der Waals surface area contributed by atoms with Gasteiger partial charge in [0.15, 0.2) is 0 Å². The molecule has 0 unspecified atom stereocenters. The van der Waals surface area contributed by atoms with E-state index in [4.69, 9.17) is 4.55 Å². The van der Waals surface area contributed by atoms with Gasteiger partial charge < -0.3 is 0 Å². The van der Waals surface area contributed by atoms with Crippen molar-refractivity contribution in [2.24, 2.45) is 0 Å². The molecule has 2 N–H and O–H groups in total. The van der Waals surface area contributed by atoms with Gasteiger partial charge in [-0.15, -0.1) is 0 Å². The van der Waals surface area contributed by atoms with E-state index < -0.39 is 26.5 Å². The molecule has 0 saturated carbocycles. The van der Waals surface area contributed by atoms with Crippen molar-refractivity contribution in [1.29, 1.82) is 0 Å². The SMILES string of the molecule is O=[N+]([O-])c1cc2[nH]nc(Br)c2cc1CS(=O)(=O)O. The first-order valence-electron chi connectivity index (χ1n) is 4.54. The molecule has 1 aromatic carbocycles. The third-order valence-corrected chi connectivity index (χ3v) is 3.53. The first-order chi connectivity index (χ1) is 8.28. The molecule has 0 atom stereocenters. The van der Waals surface area contributed by atoms with Crippen LogP contribution in [0.3, 0.4) is 0 Å². The molecule has 0 saturated heterocycles. The molecule has 0 radical (unpaired) electrons. The van der Waals surface area contributed by atoms with Gasteiger partial charge in [0.25, 0.3) is 15.8 Å². The fourth-order valence-corrected chi connectivity index (χ4v) is 2.59. The number of nitro groups is 1. The Labute approximate surface area is 109 Å². The fourth-order valence-electron chi connectivity index (χ4n) is 1.55. The lowest BCUT2D eigenvalue weighted by molar-refractivity contribution is -0.385. The summed E-state index contributed by atoms with van der Waals surface area (Å²) in [6.45, 7) is 0. The quantitative estimate of drug-likeness (QED) is 0.498. The Bertz CT molecular complexity index is 739. The minimum absolute atomic E-state index is 0.0999. The minimum Gasteiger partial charge on any atom is -0.285 e. The van der Waals surface area contributed by atoms with Crippen LogP contribution in [0.4, 0.5) is 5.69 Å². The van der Waals surface area contributed by atoms with Gasteiger partial charge in [0, 0.05) is 17.0 Å². The molecule has 0 amide bonds. The van der Waals surface area contributed by atoms with Crippen molar-refractivity contribution in [2.45, 2.75) is 5.75 Å². The maximum atomic E-state index is 10.8. The van der Waals surface area contributed by atoms with E-state index in [9.17, 15) is 18.5 Å². The molecule has 2 rings (SSSR count). The minimum atomic E-state index is -4.35. The van der Waals surface area contributed by atoms with E-state index in [0.717, 1.165) is 0 Å². The fraction of sp³-hybridized carbons (Fsp3) is 0.125. The zero-order valence-electron chi connectivity index (χ0n) is 8.62. The Balaban J connectivity index is 2.71. The number of nitrogens with zero attached hydrogens (tertiary/aromatic N) is 2. The topological polar surface area (TPSA) is 126 Å². The van der Waals surface area contributed by atoms with Crippen molar-refractivity contribution in [3.8, 4) is 0 Å². The van der Waals surface area contributed by atoms with Crippen LogP contribution in [0.5, 0.6) is 0 Å². The Morgan fingerprint density at radius 3 is 2.72 bits per heavy atom. The van der Waals surface area contributed by atoms with Crippen molar-refractivity contribution >= 4 is 42.6 Å². The first kappa shape index (κ1) is 12.9. The summed E-state index contributed by atoms with van der Waals surface area (Å²) in [4.78, 5) is 10.1. The number of rotatable bonds is 3. The van der Waals surface area contributed by atoms with E-state index in [-0.39, 0.29) is 5.56 Å². The summed E-state index contributed by atoms with van der Waals surface area (Å²) in [6.07, 6.45) is 0. The molecule has 0 spiro atoms. The van der Waals surface area contributed by atoms with Gasteiger partial charge in [0.1, 0.15) is 10.4 Å². The van der Waals surface area contributed by atoms with Crippen molar-refractivity contribution in [3.05, 3.63) is 32.4 Å². The van der Waals surface area contributed by atoms with Gasteiger partial charge >= 0.3 is 0 Å².